The molecule has 0 saturated carbocycles. The lowest BCUT2D eigenvalue weighted by atomic mass is 9.76. The number of amides is 1. The highest BCUT2D eigenvalue weighted by molar-refractivity contribution is 5.79. The lowest BCUT2D eigenvalue weighted by Gasteiger charge is -2.38. The number of ether oxygens (including phenoxy) is 2. The van der Waals surface area contributed by atoms with E-state index < -0.39 is 16.6 Å². The maximum absolute atomic E-state index is 12.2. The first-order valence-electron chi connectivity index (χ1n) is 7.92. The molecule has 0 aliphatic carbocycles. The average Bonchev–Trinajstić information content (AvgIpc) is 2.60. The van der Waals surface area contributed by atoms with Gasteiger partial charge in [0, 0.05) is 32.4 Å². The molecule has 22 heavy (non-hydrogen) atoms. The minimum atomic E-state index is -0.491. The maximum atomic E-state index is 12.2. The number of likely N-dealkylation sites (tertiary alicyclic amines) is 1. The predicted octanol–water partition coefficient (Wildman–Crippen LogP) is 3.29. The zero-order chi connectivity index (χ0) is 16.6. The summed E-state index contributed by atoms with van der Waals surface area (Å²) >= 11 is 0. The smallest absolute Gasteiger partial charge is 0.410 e. The first-order chi connectivity index (χ1) is 10.1. The average molecular weight is 309 g/mol. The van der Waals surface area contributed by atoms with Crippen LogP contribution in [0.4, 0.5) is 4.79 Å². The normalized spacial score (nSPS) is 27.6. The SMILES string of the molecule is C=CCC1(C)CC2(CCN(C(=O)OC(C)(C)C)CC2)OC1=O. The van der Waals surface area contributed by atoms with E-state index in [9.17, 15) is 9.59 Å². The van der Waals surface area contributed by atoms with E-state index in [0.717, 1.165) is 0 Å². The molecule has 0 aromatic carbocycles. The predicted molar refractivity (Wildman–Crippen MR) is 83.4 cm³/mol. The number of nitrogens with zero attached hydrogens (tertiary/aromatic N) is 1. The number of esters is 1. The van der Waals surface area contributed by atoms with Crippen LogP contribution in [0.25, 0.3) is 0 Å². The Morgan fingerprint density at radius 1 is 1.41 bits per heavy atom. The fourth-order valence-corrected chi connectivity index (χ4v) is 3.32. The Bertz CT molecular complexity index is 472. The van der Waals surface area contributed by atoms with Gasteiger partial charge < -0.3 is 14.4 Å². The lowest BCUT2D eigenvalue weighted by Crippen LogP contribution is -2.48. The van der Waals surface area contributed by atoms with Gasteiger partial charge in [-0.3, -0.25) is 4.79 Å². The molecule has 1 spiro atoms. The van der Waals surface area contributed by atoms with E-state index in [1.165, 1.54) is 0 Å². The first kappa shape index (κ1) is 16.8. The number of allylic oxidation sites excluding steroid dienone is 1. The van der Waals surface area contributed by atoms with Gasteiger partial charge in [0.25, 0.3) is 0 Å². The highest BCUT2D eigenvalue weighted by Crippen LogP contribution is 2.47. The third-order valence-electron chi connectivity index (χ3n) is 4.44. The Hall–Kier alpha value is -1.52. The standard InChI is InChI=1S/C17H27NO4/c1-6-7-16(5)12-17(21-13(16)19)8-10-18(11-9-17)14(20)22-15(2,3)4/h6H,1,7-12H2,2-5H3. The van der Waals surface area contributed by atoms with Crippen LogP contribution in [0, 0.1) is 5.41 Å². The Morgan fingerprint density at radius 3 is 2.50 bits per heavy atom. The van der Waals surface area contributed by atoms with Crippen LogP contribution in [0.3, 0.4) is 0 Å². The number of hydrogen-bond donors (Lipinski definition) is 0. The number of carbonyl (C=O) groups excluding carboxylic acids is 2. The van der Waals surface area contributed by atoms with E-state index in [4.69, 9.17) is 9.47 Å². The second-order valence-corrected chi connectivity index (χ2v) is 7.77. The topological polar surface area (TPSA) is 55.8 Å². The van der Waals surface area contributed by atoms with Crippen LogP contribution in [-0.4, -0.2) is 41.3 Å². The highest BCUT2D eigenvalue weighted by Gasteiger charge is 2.54. The molecule has 2 heterocycles. The van der Waals surface area contributed by atoms with Crippen LogP contribution in [0.1, 0.15) is 53.4 Å². The summed E-state index contributed by atoms with van der Waals surface area (Å²) in [4.78, 5) is 26.0. The molecule has 2 aliphatic rings. The van der Waals surface area contributed by atoms with E-state index in [0.29, 0.717) is 38.8 Å². The van der Waals surface area contributed by atoms with Crippen molar-refractivity contribution in [2.75, 3.05) is 13.1 Å². The fraction of sp³-hybridized carbons (Fsp3) is 0.765. The van der Waals surface area contributed by atoms with Crippen molar-refractivity contribution in [3.63, 3.8) is 0 Å². The van der Waals surface area contributed by atoms with Crippen LogP contribution in [0.5, 0.6) is 0 Å². The Kier molecular flexibility index (Phi) is 4.28. The molecular weight excluding hydrogens is 282 g/mol. The molecule has 124 valence electrons. The molecule has 0 aromatic heterocycles. The molecule has 0 aromatic rings. The molecule has 2 saturated heterocycles. The molecule has 2 aliphatic heterocycles. The molecule has 0 bridgehead atoms. The van der Waals surface area contributed by atoms with Crippen LogP contribution >= 0.6 is 0 Å². The molecule has 2 fully saturated rings. The highest BCUT2D eigenvalue weighted by atomic mass is 16.6. The van der Waals surface area contributed by atoms with E-state index in [1.54, 1.807) is 11.0 Å². The first-order valence-corrected chi connectivity index (χ1v) is 7.92. The van der Waals surface area contributed by atoms with E-state index in [1.807, 2.05) is 27.7 Å². The van der Waals surface area contributed by atoms with Crippen LogP contribution in [0.2, 0.25) is 0 Å². The van der Waals surface area contributed by atoms with Gasteiger partial charge in [0.1, 0.15) is 11.2 Å². The molecule has 1 atom stereocenters. The number of carbonyl (C=O) groups is 2. The lowest BCUT2D eigenvalue weighted by molar-refractivity contribution is -0.156. The Labute approximate surface area is 132 Å². The van der Waals surface area contributed by atoms with Crippen LogP contribution < -0.4 is 0 Å². The third kappa shape index (κ3) is 3.45. The number of hydrogen-bond acceptors (Lipinski definition) is 4. The summed E-state index contributed by atoms with van der Waals surface area (Å²) < 4.78 is 11.1. The molecule has 0 radical (unpaired) electrons. The van der Waals surface area contributed by atoms with Gasteiger partial charge in [0.2, 0.25) is 0 Å². The molecule has 5 heteroatoms. The van der Waals surface area contributed by atoms with Crippen LogP contribution in [-0.2, 0) is 14.3 Å². The molecule has 1 amide bonds. The summed E-state index contributed by atoms with van der Waals surface area (Å²) in [6, 6.07) is 0. The quantitative estimate of drug-likeness (QED) is 0.580. The van der Waals surface area contributed by atoms with Crippen molar-refractivity contribution >= 4 is 12.1 Å². The van der Waals surface area contributed by atoms with Gasteiger partial charge in [-0.1, -0.05) is 6.08 Å². The zero-order valence-electron chi connectivity index (χ0n) is 14.1. The van der Waals surface area contributed by atoms with E-state index in [-0.39, 0.29) is 12.1 Å². The molecule has 1 unspecified atom stereocenters. The van der Waals surface area contributed by atoms with Crippen molar-refractivity contribution in [3.8, 4) is 0 Å². The van der Waals surface area contributed by atoms with Gasteiger partial charge in [0.05, 0.1) is 5.41 Å². The minimum absolute atomic E-state index is 0.141. The Balaban J connectivity index is 1.96. The van der Waals surface area contributed by atoms with Crippen molar-refractivity contribution in [1.29, 1.82) is 0 Å². The summed E-state index contributed by atoms with van der Waals surface area (Å²) in [5, 5.41) is 0. The largest absolute Gasteiger partial charge is 0.458 e. The minimum Gasteiger partial charge on any atom is -0.458 e. The summed E-state index contributed by atoms with van der Waals surface area (Å²) in [6.07, 6.45) is 4.16. The van der Waals surface area contributed by atoms with Crippen molar-refractivity contribution in [1.82, 2.24) is 4.90 Å². The van der Waals surface area contributed by atoms with Gasteiger partial charge in [-0.25, -0.2) is 4.79 Å². The van der Waals surface area contributed by atoms with E-state index in [2.05, 4.69) is 6.58 Å². The van der Waals surface area contributed by atoms with Gasteiger partial charge in [-0.15, -0.1) is 6.58 Å². The van der Waals surface area contributed by atoms with Crippen molar-refractivity contribution in [2.24, 2.45) is 5.41 Å². The molecule has 0 N–H and O–H groups in total. The molecule has 2 rings (SSSR count). The second kappa shape index (κ2) is 5.60. The number of piperidine rings is 1. The van der Waals surface area contributed by atoms with Crippen molar-refractivity contribution in [2.45, 2.75) is 64.6 Å². The maximum Gasteiger partial charge on any atom is 0.410 e. The van der Waals surface area contributed by atoms with Gasteiger partial charge in [0.15, 0.2) is 0 Å². The summed E-state index contributed by atoms with van der Waals surface area (Å²) in [7, 11) is 0. The van der Waals surface area contributed by atoms with Crippen molar-refractivity contribution in [3.05, 3.63) is 12.7 Å². The van der Waals surface area contributed by atoms with Gasteiger partial charge >= 0.3 is 12.1 Å². The van der Waals surface area contributed by atoms with Crippen molar-refractivity contribution < 1.29 is 19.1 Å². The van der Waals surface area contributed by atoms with Gasteiger partial charge in [-0.2, -0.15) is 0 Å². The van der Waals surface area contributed by atoms with Crippen LogP contribution in [0.15, 0.2) is 12.7 Å². The zero-order valence-corrected chi connectivity index (χ0v) is 14.1. The number of rotatable bonds is 2. The second-order valence-electron chi connectivity index (χ2n) is 7.77. The summed E-state index contributed by atoms with van der Waals surface area (Å²) in [5.41, 5.74) is -1.39. The summed E-state index contributed by atoms with van der Waals surface area (Å²) in [6.45, 7) is 12.4. The summed E-state index contributed by atoms with van der Waals surface area (Å²) in [5.74, 6) is -0.141. The molecular formula is C17H27NO4. The Morgan fingerprint density at radius 2 is 2.00 bits per heavy atom. The monoisotopic (exact) mass is 309 g/mol. The fourth-order valence-electron chi connectivity index (χ4n) is 3.32. The molecule has 5 nitrogen and oxygen atoms in total. The third-order valence-corrected chi connectivity index (χ3v) is 4.44. The van der Waals surface area contributed by atoms with E-state index >= 15 is 0 Å². The van der Waals surface area contributed by atoms with Gasteiger partial charge in [-0.05, 0) is 34.1 Å².